The van der Waals surface area contributed by atoms with Crippen molar-refractivity contribution in [3.63, 3.8) is 0 Å². The second kappa shape index (κ2) is 10.8. The molecule has 0 spiro atoms. The van der Waals surface area contributed by atoms with Crippen molar-refractivity contribution in [3.05, 3.63) is 104 Å². The summed E-state index contributed by atoms with van der Waals surface area (Å²) in [6, 6.07) is 19.2. The summed E-state index contributed by atoms with van der Waals surface area (Å²) in [5.74, 6) is 0.657. The highest BCUT2D eigenvalue weighted by atomic mass is 35.5. The Labute approximate surface area is 218 Å². The number of nitrogens with one attached hydrogen (secondary N) is 1. The van der Waals surface area contributed by atoms with E-state index in [0.29, 0.717) is 39.3 Å². The molecule has 0 unspecified atom stereocenters. The van der Waals surface area contributed by atoms with Crippen LogP contribution in [-0.2, 0) is 0 Å². The number of carbonyl (C=O) groups excluding carboxylic acids is 1. The van der Waals surface area contributed by atoms with Crippen LogP contribution in [0.3, 0.4) is 0 Å². The van der Waals surface area contributed by atoms with E-state index in [1.54, 1.807) is 60.5 Å². The molecule has 1 N–H and O–H groups in total. The summed E-state index contributed by atoms with van der Waals surface area (Å²) < 4.78 is 7.25. The average Bonchev–Trinajstić information content (AvgIpc) is 2.87. The van der Waals surface area contributed by atoms with E-state index < -0.39 is 5.56 Å². The van der Waals surface area contributed by atoms with Crippen LogP contribution in [0.5, 0.6) is 11.5 Å². The van der Waals surface area contributed by atoms with Crippen molar-refractivity contribution < 1.29 is 9.53 Å². The molecule has 4 rings (SSSR count). The number of amides is 1. The van der Waals surface area contributed by atoms with Crippen molar-refractivity contribution in [3.8, 4) is 17.2 Å². The third-order valence-corrected chi connectivity index (χ3v) is 6.25. The minimum atomic E-state index is -0.471. The zero-order chi connectivity index (χ0) is 25.8. The molecule has 4 aromatic rings. The largest absolute Gasteiger partial charge is 0.453 e. The summed E-state index contributed by atoms with van der Waals surface area (Å²) in [5.41, 5.74) is 2.15. The van der Waals surface area contributed by atoms with Gasteiger partial charge < -0.3 is 15.0 Å². The van der Waals surface area contributed by atoms with Crippen LogP contribution in [0.4, 0.5) is 11.4 Å². The Morgan fingerprint density at radius 1 is 1.06 bits per heavy atom. The molecule has 1 amide bonds. The number of aromatic nitrogens is 2. The molecule has 3 aromatic carbocycles. The summed E-state index contributed by atoms with van der Waals surface area (Å²) in [7, 11) is 1.73. The molecular weight excluding hydrogens is 499 g/mol. The predicted octanol–water partition coefficient (Wildman–Crippen LogP) is 6.48. The number of ether oxygens (including phenoxy) is 1. The lowest BCUT2D eigenvalue weighted by Gasteiger charge is -2.17. The lowest BCUT2D eigenvalue weighted by molar-refractivity contribution is 0.0802. The first-order valence-corrected chi connectivity index (χ1v) is 12.0. The van der Waals surface area contributed by atoms with Crippen LogP contribution >= 0.6 is 23.2 Å². The van der Waals surface area contributed by atoms with Gasteiger partial charge in [0, 0.05) is 24.8 Å². The number of rotatable bonds is 7. The van der Waals surface area contributed by atoms with Crippen LogP contribution in [0.25, 0.3) is 5.69 Å². The Hall–Kier alpha value is -3.81. The monoisotopic (exact) mass is 522 g/mol. The fraction of sp³-hybridized carbons (Fsp3) is 0.148. The van der Waals surface area contributed by atoms with Gasteiger partial charge in [-0.25, -0.2) is 0 Å². The van der Waals surface area contributed by atoms with Crippen molar-refractivity contribution in [1.82, 2.24) is 14.7 Å². The second-order valence-electron chi connectivity index (χ2n) is 8.14. The van der Waals surface area contributed by atoms with Gasteiger partial charge in [-0.3, -0.25) is 9.59 Å². The van der Waals surface area contributed by atoms with Gasteiger partial charge in [0.05, 0.1) is 21.9 Å². The molecule has 0 saturated heterocycles. The molecule has 0 saturated carbocycles. The highest BCUT2D eigenvalue weighted by Gasteiger charge is 2.17. The first kappa shape index (κ1) is 25.3. The van der Waals surface area contributed by atoms with E-state index in [9.17, 15) is 9.59 Å². The maximum atomic E-state index is 13.6. The van der Waals surface area contributed by atoms with Crippen molar-refractivity contribution in [2.75, 3.05) is 18.9 Å². The third-order valence-electron chi connectivity index (χ3n) is 5.51. The Balaban J connectivity index is 1.80. The van der Waals surface area contributed by atoms with Gasteiger partial charge in [-0.2, -0.15) is 9.78 Å². The summed E-state index contributed by atoms with van der Waals surface area (Å²) in [4.78, 5) is 27.9. The van der Waals surface area contributed by atoms with E-state index in [0.717, 1.165) is 5.56 Å². The lowest BCUT2D eigenvalue weighted by atomic mass is 10.1. The number of nitrogens with zero attached hydrogens (tertiary/aromatic N) is 3. The summed E-state index contributed by atoms with van der Waals surface area (Å²) in [5, 5.41) is 8.09. The molecular formula is C27H24Cl2N4O3. The minimum absolute atomic E-state index is 0.125. The van der Waals surface area contributed by atoms with E-state index in [1.807, 2.05) is 32.0 Å². The first-order valence-electron chi connectivity index (χ1n) is 11.2. The van der Waals surface area contributed by atoms with E-state index in [4.69, 9.17) is 27.9 Å². The molecule has 0 radical (unpaired) electrons. The maximum absolute atomic E-state index is 13.6. The number of anilines is 2. The zero-order valence-corrected chi connectivity index (χ0v) is 21.5. The minimum Gasteiger partial charge on any atom is -0.453 e. The molecule has 7 nitrogen and oxygen atoms in total. The molecule has 1 aromatic heterocycles. The highest BCUT2D eigenvalue weighted by Crippen LogP contribution is 2.30. The lowest BCUT2D eigenvalue weighted by Crippen LogP contribution is -2.26. The number of halogens is 2. The van der Waals surface area contributed by atoms with Gasteiger partial charge in [-0.05, 0) is 67.9 Å². The van der Waals surface area contributed by atoms with Gasteiger partial charge in [-0.1, -0.05) is 41.4 Å². The van der Waals surface area contributed by atoms with Gasteiger partial charge >= 0.3 is 0 Å². The molecule has 0 bridgehead atoms. The van der Waals surface area contributed by atoms with Crippen LogP contribution < -0.4 is 15.6 Å². The number of hydrogen-bond acceptors (Lipinski definition) is 5. The average molecular weight is 523 g/mol. The predicted molar refractivity (Wildman–Crippen MR) is 143 cm³/mol. The molecule has 0 aliphatic carbocycles. The Kier molecular flexibility index (Phi) is 7.62. The fourth-order valence-corrected chi connectivity index (χ4v) is 3.77. The zero-order valence-electron chi connectivity index (χ0n) is 20.0. The van der Waals surface area contributed by atoms with Gasteiger partial charge in [0.15, 0.2) is 11.4 Å². The fourth-order valence-electron chi connectivity index (χ4n) is 3.48. The number of carbonyl (C=O) groups is 1. The standard InChI is InChI=1S/C27H24Cl2N4O3/c1-4-32(3)26(34)18-8-6-9-19(14-18)31-25-24(36-21-10-5-7-17(2)13-21)16-30-33(27(25)35)20-11-12-22(28)23(29)15-20/h5-16,31H,4H2,1-3H3. The normalized spacial score (nSPS) is 10.7. The van der Waals surface area contributed by atoms with Crippen molar-refractivity contribution in [2.24, 2.45) is 0 Å². The summed E-state index contributed by atoms with van der Waals surface area (Å²) in [6.45, 7) is 4.42. The molecule has 9 heteroatoms. The molecule has 36 heavy (non-hydrogen) atoms. The Morgan fingerprint density at radius 2 is 1.83 bits per heavy atom. The van der Waals surface area contributed by atoms with Crippen molar-refractivity contribution >= 4 is 40.5 Å². The van der Waals surface area contributed by atoms with Crippen LogP contribution in [0.1, 0.15) is 22.8 Å². The summed E-state index contributed by atoms with van der Waals surface area (Å²) in [6.07, 6.45) is 1.45. The third kappa shape index (κ3) is 5.53. The van der Waals surface area contributed by atoms with E-state index >= 15 is 0 Å². The van der Waals surface area contributed by atoms with Crippen LogP contribution in [0.15, 0.2) is 77.7 Å². The van der Waals surface area contributed by atoms with Gasteiger partial charge in [0.2, 0.25) is 0 Å². The quantitative estimate of drug-likeness (QED) is 0.300. The second-order valence-corrected chi connectivity index (χ2v) is 8.96. The van der Waals surface area contributed by atoms with Crippen LogP contribution in [0, 0.1) is 6.92 Å². The van der Waals surface area contributed by atoms with Crippen LogP contribution in [-0.4, -0.2) is 34.2 Å². The van der Waals surface area contributed by atoms with E-state index in [2.05, 4.69) is 10.4 Å². The Morgan fingerprint density at radius 3 is 2.56 bits per heavy atom. The Bertz CT molecular complexity index is 1490. The van der Waals surface area contributed by atoms with Gasteiger partial charge in [-0.15, -0.1) is 0 Å². The SMILES string of the molecule is CCN(C)C(=O)c1cccc(Nc2c(Oc3cccc(C)c3)cnn(-c3ccc(Cl)c(Cl)c3)c2=O)c1. The first-order chi connectivity index (χ1) is 17.3. The van der Waals surface area contributed by atoms with Gasteiger partial charge in [0.25, 0.3) is 11.5 Å². The van der Waals surface area contributed by atoms with Gasteiger partial charge in [0.1, 0.15) is 5.75 Å². The number of benzene rings is 3. The van der Waals surface area contributed by atoms with Crippen molar-refractivity contribution in [2.45, 2.75) is 13.8 Å². The molecule has 0 fully saturated rings. The highest BCUT2D eigenvalue weighted by molar-refractivity contribution is 6.42. The van der Waals surface area contributed by atoms with Crippen LogP contribution in [0.2, 0.25) is 10.0 Å². The smallest absolute Gasteiger partial charge is 0.299 e. The molecule has 0 aliphatic heterocycles. The van der Waals surface area contributed by atoms with E-state index in [-0.39, 0.29) is 17.3 Å². The molecule has 184 valence electrons. The summed E-state index contributed by atoms with van der Waals surface area (Å²) >= 11 is 12.2. The topological polar surface area (TPSA) is 76.5 Å². The number of hydrogen-bond donors (Lipinski definition) is 1. The maximum Gasteiger partial charge on any atom is 0.299 e. The number of aryl methyl sites for hydroxylation is 1. The van der Waals surface area contributed by atoms with E-state index in [1.165, 1.54) is 10.9 Å². The molecule has 1 heterocycles. The van der Waals surface area contributed by atoms with Crippen molar-refractivity contribution in [1.29, 1.82) is 0 Å². The molecule has 0 aliphatic rings. The molecule has 0 atom stereocenters.